The highest BCUT2D eigenvalue weighted by Crippen LogP contribution is 2.30. The van der Waals surface area contributed by atoms with Crippen molar-refractivity contribution in [1.82, 2.24) is 0 Å². The molecule has 0 aromatic heterocycles. The van der Waals surface area contributed by atoms with Crippen LogP contribution < -0.4 is 16.0 Å². The molecule has 0 radical (unpaired) electrons. The summed E-state index contributed by atoms with van der Waals surface area (Å²) in [6.07, 6.45) is 1.67. The van der Waals surface area contributed by atoms with Crippen LogP contribution in [-0.2, 0) is 4.79 Å². The van der Waals surface area contributed by atoms with E-state index in [2.05, 4.69) is 11.9 Å². The number of nitrogens with zero attached hydrogens (tertiary/aromatic N) is 1. The maximum Gasteiger partial charge on any atom is 0.319 e. The van der Waals surface area contributed by atoms with Crippen molar-refractivity contribution in [1.29, 1.82) is 0 Å². The lowest BCUT2D eigenvalue weighted by Crippen LogP contribution is -2.36. The molecular formula is C15H21N3O3. The van der Waals surface area contributed by atoms with Crippen LogP contribution in [0.2, 0.25) is 0 Å². The number of unbranched alkanes of at least 4 members (excludes halogenated alkanes) is 1. The number of phenols is 1. The zero-order valence-electron chi connectivity index (χ0n) is 12.3. The van der Waals surface area contributed by atoms with Crippen LogP contribution in [0.25, 0.3) is 0 Å². The molecule has 0 saturated carbocycles. The molecule has 0 aliphatic rings. The molecule has 21 heavy (non-hydrogen) atoms. The molecule has 0 heterocycles. The number of anilines is 2. The highest BCUT2D eigenvalue weighted by Gasteiger charge is 2.16. The van der Waals surface area contributed by atoms with Gasteiger partial charge in [-0.1, -0.05) is 19.9 Å². The van der Waals surface area contributed by atoms with Gasteiger partial charge in [0.2, 0.25) is 0 Å². The zero-order chi connectivity index (χ0) is 16.0. The molecule has 0 aliphatic heterocycles. The minimum Gasteiger partial charge on any atom is -0.506 e. The van der Waals surface area contributed by atoms with Gasteiger partial charge in [-0.2, -0.15) is 0 Å². The molecule has 0 atom stereocenters. The lowest BCUT2D eigenvalue weighted by Gasteiger charge is -2.21. The molecule has 1 rings (SSSR count). The Bertz CT molecular complexity index is 555. The smallest absolute Gasteiger partial charge is 0.319 e. The van der Waals surface area contributed by atoms with Crippen LogP contribution in [0.1, 0.15) is 26.7 Å². The van der Waals surface area contributed by atoms with Crippen molar-refractivity contribution in [2.24, 2.45) is 5.73 Å². The molecule has 0 bridgehead atoms. The lowest BCUT2D eigenvalue weighted by atomic mass is 10.2. The molecule has 0 spiro atoms. The summed E-state index contributed by atoms with van der Waals surface area (Å²) in [5.41, 5.74) is 6.44. The Kier molecular flexibility index (Phi) is 5.78. The number of phenolic OH excluding ortho intramolecular Hbond substituents is 1. The summed E-state index contributed by atoms with van der Waals surface area (Å²) >= 11 is 0. The summed E-state index contributed by atoms with van der Waals surface area (Å²) in [5.74, 6) is -0.454. The molecule has 1 aromatic carbocycles. The fourth-order valence-corrected chi connectivity index (χ4v) is 1.73. The Balaban J connectivity index is 2.97. The van der Waals surface area contributed by atoms with Crippen LogP contribution in [0.5, 0.6) is 5.75 Å². The average molecular weight is 291 g/mol. The Morgan fingerprint density at radius 2 is 2.10 bits per heavy atom. The third kappa shape index (κ3) is 4.52. The molecule has 1 aromatic rings. The molecular weight excluding hydrogens is 270 g/mol. The minimum absolute atomic E-state index is 0.121. The van der Waals surface area contributed by atoms with Crippen molar-refractivity contribution in [3.05, 3.63) is 30.4 Å². The molecule has 114 valence electrons. The fraction of sp³-hybridized carbons (Fsp3) is 0.333. The van der Waals surface area contributed by atoms with Crippen LogP contribution in [0.4, 0.5) is 16.2 Å². The van der Waals surface area contributed by atoms with Crippen LogP contribution in [0.3, 0.4) is 0 Å². The van der Waals surface area contributed by atoms with Crippen molar-refractivity contribution in [3.63, 3.8) is 0 Å². The second-order valence-electron chi connectivity index (χ2n) is 4.78. The summed E-state index contributed by atoms with van der Waals surface area (Å²) in [4.78, 5) is 24.3. The van der Waals surface area contributed by atoms with Gasteiger partial charge in [0.05, 0.1) is 5.69 Å². The molecule has 0 saturated heterocycles. The van der Waals surface area contributed by atoms with Crippen LogP contribution in [0, 0.1) is 0 Å². The average Bonchev–Trinajstić information content (AvgIpc) is 2.40. The second kappa shape index (κ2) is 7.33. The Labute approximate surface area is 124 Å². The fourth-order valence-electron chi connectivity index (χ4n) is 1.73. The first-order chi connectivity index (χ1) is 9.86. The SMILES string of the molecule is C=C(C)C(=O)Nc1ccc(N(CCCC)C(N)=O)c(O)c1. The van der Waals surface area contributed by atoms with E-state index in [1.807, 2.05) is 6.92 Å². The van der Waals surface area contributed by atoms with Gasteiger partial charge >= 0.3 is 6.03 Å². The number of carbonyl (C=O) groups excluding carboxylic acids is 2. The monoisotopic (exact) mass is 291 g/mol. The van der Waals surface area contributed by atoms with Crippen LogP contribution >= 0.6 is 0 Å². The van der Waals surface area contributed by atoms with Crippen molar-refractivity contribution in [2.75, 3.05) is 16.8 Å². The highest BCUT2D eigenvalue weighted by atomic mass is 16.3. The normalized spacial score (nSPS) is 10.0. The first-order valence-corrected chi connectivity index (χ1v) is 6.73. The highest BCUT2D eigenvalue weighted by molar-refractivity contribution is 6.03. The molecule has 4 N–H and O–H groups in total. The van der Waals surface area contributed by atoms with Crippen LogP contribution in [-0.4, -0.2) is 23.6 Å². The van der Waals surface area contributed by atoms with Gasteiger partial charge < -0.3 is 16.2 Å². The molecule has 3 amide bonds. The maximum absolute atomic E-state index is 11.5. The number of hydrogen-bond donors (Lipinski definition) is 3. The number of primary amides is 1. The molecule has 6 heteroatoms. The third-order valence-electron chi connectivity index (χ3n) is 2.91. The number of amides is 3. The number of rotatable bonds is 6. The van der Waals surface area contributed by atoms with Gasteiger partial charge in [0.1, 0.15) is 5.75 Å². The summed E-state index contributed by atoms with van der Waals surface area (Å²) in [6, 6.07) is 3.89. The van der Waals surface area contributed by atoms with Gasteiger partial charge in [0.25, 0.3) is 5.91 Å². The van der Waals surface area contributed by atoms with Crippen molar-refractivity contribution in [3.8, 4) is 5.75 Å². The Hall–Kier alpha value is -2.50. The van der Waals surface area contributed by atoms with E-state index >= 15 is 0 Å². The quantitative estimate of drug-likeness (QED) is 0.703. The Morgan fingerprint density at radius 1 is 1.43 bits per heavy atom. The van der Waals surface area contributed by atoms with Crippen molar-refractivity contribution >= 4 is 23.3 Å². The van der Waals surface area contributed by atoms with Gasteiger partial charge in [-0.15, -0.1) is 0 Å². The summed E-state index contributed by atoms with van der Waals surface area (Å²) < 4.78 is 0. The van der Waals surface area contributed by atoms with E-state index in [-0.39, 0.29) is 11.7 Å². The largest absolute Gasteiger partial charge is 0.506 e. The van der Waals surface area contributed by atoms with E-state index in [4.69, 9.17) is 5.73 Å². The van der Waals surface area contributed by atoms with Crippen molar-refractivity contribution < 1.29 is 14.7 Å². The molecule has 0 fully saturated rings. The molecule has 6 nitrogen and oxygen atoms in total. The Morgan fingerprint density at radius 3 is 2.57 bits per heavy atom. The third-order valence-corrected chi connectivity index (χ3v) is 2.91. The van der Waals surface area contributed by atoms with E-state index in [1.54, 1.807) is 19.1 Å². The van der Waals surface area contributed by atoms with E-state index in [9.17, 15) is 14.7 Å². The predicted molar refractivity (Wildman–Crippen MR) is 83.4 cm³/mol. The number of aromatic hydroxyl groups is 1. The van der Waals surface area contributed by atoms with Crippen LogP contribution in [0.15, 0.2) is 30.4 Å². The zero-order valence-corrected chi connectivity index (χ0v) is 12.3. The van der Waals surface area contributed by atoms with Gasteiger partial charge in [-0.25, -0.2) is 4.79 Å². The molecule has 0 aliphatic carbocycles. The van der Waals surface area contributed by atoms with E-state index in [0.29, 0.717) is 23.5 Å². The van der Waals surface area contributed by atoms with Crippen molar-refractivity contribution in [2.45, 2.75) is 26.7 Å². The van der Waals surface area contributed by atoms with Gasteiger partial charge in [0.15, 0.2) is 0 Å². The molecule has 0 unspecified atom stereocenters. The second-order valence-corrected chi connectivity index (χ2v) is 4.78. The lowest BCUT2D eigenvalue weighted by molar-refractivity contribution is -0.112. The topological polar surface area (TPSA) is 95.7 Å². The number of benzene rings is 1. The van der Waals surface area contributed by atoms with Gasteiger partial charge in [-0.3, -0.25) is 9.69 Å². The van der Waals surface area contributed by atoms with Gasteiger partial charge in [0, 0.05) is 23.9 Å². The van der Waals surface area contributed by atoms with Gasteiger partial charge in [-0.05, 0) is 25.5 Å². The number of nitrogens with one attached hydrogen (secondary N) is 1. The van der Waals surface area contributed by atoms with E-state index < -0.39 is 6.03 Å². The number of nitrogens with two attached hydrogens (primary N) is 1. The first kappa shape index (κ1) is 16.6. The summed E-state index contributed by atoms with van der Waals surface area (Å²) in [7, 11) is 0. The summed E-state index contributed by atoms with van der Waals surface area (Å²) in [5, 5.41) is 12.6. The number of urea groups is 1. The number of hydrogen-bond acceptors (Lipinski definition) is 3. The van der Waals surface area contributed by atoms with E-state index in [0.717, 1.165) is 12.8 Å². The maximum atomic E-state index is 11.5. The standard InChI is InChI=1S/C15H21N3O3/c1-4-5-8-18(15(16)21)12-7-6-11(9-13(12)19)17-14(20)10(2)3/h6-7,9,19H,2,4-5,8H2,1,3H3,(H2,16,21)(H,17,20). The number of carbonyl (C=O) groups is 2. The van der Waals surface area contributed by atoms with E-state index in [1.165, 1.54) is 11.0 Å². The predicted octanol–water partition coefficient (Wildman–Crippen LogP) is 2.59. The summed E-state index contributed by atoms with van der Waals surface area (Å²) in [6.45, 7) is 7.54. The first-order valence-electron chi connectivity index (χ1n) is 6.73. The minimum atomic E-state index is -0.627.